The largest absolute Gasteiger partial charge is 0.358 e. The molecule has 2 heterocycles. The lowest BCUT2D eigenvalue weighted by Crippen LogP contribution is -2.27. The van der Waals surface area contributed by atoms with E-state index in [0.717, 1.165) is 59.1 Å². The van der Waals surface area contributed by atoms with Crippen molar-refractivity contribution in [1.82, 2.24) is 25.4 Å². The van der Waals surface area contributed by atoms with Gasteiger partial charge in [-0.1, -0.05) is 61.9 Å². The first-order valence-corrected chi connectivity index (χ1v) is 14.4. The highest BCUT2D eigenvalue weighted by atomic mass is 35.5. The molecule has 0 saturated heterocycles. The number of allylic oxidation sites excluding steroid dienone is 1. The van der Waals surface area contributed by atoms with E-state index < -0.39 is 0 Å². The summed E-state index contributed by atoms with van der Waals surface area (Å²) in [5.41, 5.74) is 4.64. The predicted molar refractivity (Wildman–Crippen MR) is 157 cm³/mol. The van der Waals surface area contributed by atoms with E-state index in [4.69, 9.17) is 28.3 Å². The molecule has 0 saturated carbocycles. The Kier molecular flexibility index (Phi) is 12.2. The number of nitrogens with zero attached hydrogens (tertiary/aromatic N) is 2. The number of hydrogen-bond acceptors (Lipinski definition) is 3. The fourth-order valence-electron chi connectivity index (χ4n) is 4.81. The average Bonchev–Trinajstić information content (AvgIpc) is 3.53. The van der Waals surface area contributed by atoms with Gasteiger partial charge in [0.2, 0.25) is 12.3 Å². The van der Waals surface area contributed by atoms with E-state index in [2.05, 4.69) is 29.1 Å². The molecule has 206 valence electrons. The van der Waals surface area contributed by atoms with Crippen LogP contribution in [0.15, 0.2) is 31.0 Å². The maximum absolute atomic E-state index is 12.2. The Morgan fingerprint density at radius 1 is 1.16 bits per heavy atom. The Morgan fingerprint density at radius 3 is 2.66 bits per heavy atom. The molecule has 0 aliphatic carbocycles. The second kappa shape index (κ2) is 15.6. The summed E-state index contributed by atoms with van der Waals surface area (Å²) in [5.74, 6) is 0.0896. The summed E-state index contributed by atoms with van der Waals surface area (Å²) in [6.45, 7) is 7.48. The minimum Gasteiger partial charge on any atom is -0.358 e. The number of amides is 2. The molecule has 0 radical (unpaired) electrons. The van der Waals surface area contributed by atoms with Crippen LogP contribution in [0, 0.1) is 0 Å². The molecule has 3 N–H and O–H groups in total. The summed E-state index contributed by atoms with van der Waals surface area (Å²) in [6, 6.07) is 3.82. The Balaban J connectivity index is 1.58. The number of nitrogens with one attached hydrogen (secondary N) is 3. The molecule has 0 unspecified atom stereocenters. The fraction of sp³-hybridized carbons (Fsp3) is 0.483. The van der Waals surface area contributed by atoms with E-state index in [9.17, 15) is 9.59 Å². The van der Waals surface area contributed by atoms with E-state index in [1.165, 1.54) is 25.7 Å². The second-order valence-electron chi connectivity index (χ2n) is 9.49. The zero-order valence-corrected chi connectivity index (χ0v) is 23.8. The highest BCUT2D eigenvalue weighted by Crippen LogP contribution is 2.40. The molecule has 7 nitrogen and oxygen atoms in total. The molecule has 3 rings (SSSR count). The van der Waals surface area contributed by atoms with Crippen molar-refractivity contribution < 1.29 is 9.59 Å². The summed E-state index contributed by atoms with van der Waals surface area (Å²) in [7, 11) is 0. The van der Waals surface area contributed by atoms with Gasteiger partial charge in [0.15, 0.2) is 0 Å². The van der Waals surface area contributed by atoms with E-state index in [1.54, 1.807) is 0 Å². The number of benzene rings is 1. The normalized spacial score (nSPS) is 11.1. The zero-order chi connectivity index (χ0) is 27.3. The summed E-state index contributed by atoms with van der Waals surface area (Å²) >= 11 is 13.1. The van der Waals surface area contributed by atoms with Gasteiger partial charge in [0, 0.05) is 48.8 Å². The van der Waals surface area contributed by atoms with Gasteiger partial charge < -0.3 is 15.6 Å². The van der Waals surface area contributed by atoms with Crippen molar-refractivity contribution in [2.45, 2.75) is 77.7 Å². The summed E-state index contributed by atoms with van der Waals surface area (Å²) in [6.07, 6.45) is 14.6. The van der Waals surface area contributed by atoms with Crippen LogP contribution in [0.5, 0.6) is 0 Å². The van der Waals surface area contributed by atoms with Gasteiger partial charge in [-0.2, -0.15) is 5.10 Å². The monoisotopic (exact) mass is 559 g/mol. The third-order valence-corrected chi connectivity index (χ3v) is 7.55. The second-order valence-corrected chi connectivity index (χ2v) is 10.3. The third-order valence-electron chi connectivity index (χ3n) is 6.76. The van der Waals surface area contributed by atoms with Gasteiger partial charge in [-0.15, -0.1) is 6.58 Å². The van der Waals surface area contributed by atoms with E-state index >= 15 is 0 Å². The molecular formula is C29H39Cl2N5O2. The highest BCUT2D eigenvalue weighted by molar-refractivity contribution is 6.45. The average molecular weight is 561 g/mol. The molecule has 3 aromatic rings. The van der Waals surface area contributed by atoms with Crippen LogP contribution in [0.25, 0.3) is 22.2 Å². The molecule has 0 spiro atoms. The molecule has 0 aliphatic heterocycles. The molecule has 0 atom stereocenters. The molecule has 38 heavy (non-hydrogen) atoms. The van der Waals surface area contributed by atoms with E-state index in [1.807, 2.05) is 29.1 Å². The topological polar surface area (TPSA) is 91.8 Å². The van der Waals surface area contributed by atoms with Crippen molar-refractivity contribution in [3.63, 3.8) is 0 Å². The van der Waals surface area contributed by atoms with Crippen molar-refractivity contribution in [2.24, 2.45) is 0 Å². The molecule has 0 aliphatic rings. The van der Waals surface area contributed by atoms with Gasteiger partial charge in [0.25, 0.3) is 0 Å². The van der Waals surface area contributed by atoms with Crippen molar-refractivity contribution in [1.29, 1.82) is 0 Å². The van der Waals surface area contributed by atoms with Gasteiger partial charge in [0.05, 0.1) is 27.8 Å². The maximum atomic E-state index is 12.2. The zero-order valence-electron chi connectivity index (χ0n) is 22.3. The Morgan fingerprint density at radius 2 is 1.92 bits per heavy atom. The smallest absolute Gasteiger partial charge is 0.220 e. The van der Waals surface area contributed by atoms with E-state index in [0.29, 0.717) is 48.9 Å². The highest BCUT2D eigenvalue weighted by Gasteiger charge is 2.20. The van der Waals surface area contributed by atoms with Crippen LogP contribution in [0.2, 0.25) is 10.0 Å². The number of unbranched alkanes of at least 4 members (excludes halogenated alkanes) is 6. The van der Waals surface area contributed by atoms with Gasteiger partial charge in [-0.3, -0.25) is 14.3 Å². The summed E-state index contributed by atoms with van der Waals surface area (Å²) < 4.78 is 1.83. The molecule has 0 fully saturated rings. The maximum Gasteiger partial charge on any atom is 0.220 e. The van der Waals surface area contributed by atoms with E-state index in [-0.39, 0.29) is 5.91 Å². The number of hydrogen-bond donors (Lipinski definition) is 3. The number of aromatic nitrogens is 3. The number of aryl methyl sites for hydroxylation is 1. The standard InChI is InChI=1S/C29H39Cl2N5O2/c1-3-5-6-7-8-9-10-11-12-26(38)33-16-18-36-17-14-25(35-36)22-19-23(30)28(31)29-27(22)21(4-2)24(34-29)13-15-32-20-37/h3,14,17,19-20,34H,1,4-13,15-16,18H2,2H3,(H,32,37)(H,33,38). The number of carbonyl (C=O) groups excluding carboxylic acids is 2. The Labute approximate surface area is 235 Å². The minimum atomic E-state index is 0.0896. The molecule has 2 amide bonds. The van der Waals surface area contributed by atoms with Crippen LogP contribution >= 0.6 is 23.2 Å². The van der Waals surface area contributed by atoms with Crippen LogP contribution in [0.4, 0.5) is 0 Å². The first kappa shape index (κ1) is 29.8. The van der Waals surface area contributed by atoms with Crippen molar-refractivity contribution in [3.8, 4) is 11.3 Å². The number of rotatable bonds is 18. The first-order chi connectivity index (χ1) is 18.5. The predicted octanol–water partition coefficient (Wildman–Crippen LogP) is 6.61. The molecule has 2 aromatic heterocycles. The lowest BCUT2D eigenvalue weighted by atomic mass is 10.00. The summed E-state index contributed by atoms with van der Waals surface area (Å²) in [4.78, 5) is 26.3. The molecule has 1 aromatic carbocycles. The van der Waals surface area contributed by atoms with Gasteiger partial charge in [-0.25, -0.2) is 0 Å². The van der Waals surface area contributed by atoms with Crippen LogP contribution in [0.3, 0.4) is 0 Å². The number of fused-ring (bicyclic) bond motifs is 1. The van der Waals surface area contributed by atoms with Gasteiger partial charge in [-0.05, 0) is 43.4 Å². The van der Waals surface area contributed by atoms with Gasteiger partial charge >= 0.3 is 0 Å². The SMILES string of the molecule is C=CCCCCCCCCC(=O)NCCn1ccc(-c2cc(Cl)c(Cl)c3[nH]c(CCNC=O)c(CC)c23)n1. The van der Waals surface area contributed by atoms with Crippen LogP contribution < -0.4 is 10.6 Å². The van der Waals surface area contributed by atoms with Crippen LogP contribution in [0.1, 0.15) is 69.5 Å². The van der Waals surface area contributed by atoms with Crippen molar-refractivity contribution >= 4 is 46.4 Å². The molecule has 0 bridgehead atoms. The number of aromatic amines is 1. The number of H-pyrrole nitrogens is 1. The Bertz CT molecular complexity index is 1220. The lowest BCUT2D eigenvalue weighted by Gasteiger charge is -2.08. The number of halogens is 2. The quantitative estimate of drug-likeness (QED) is 0.0929. The Hall–Kier alpha value is -2.77. The van der Waals surface area contributed by atoms with Crippen LogP contribution in [-0.4, -0.2) is 40.2 Å². The first-order valence-electron chi connectivity index (χ1n) is 13.6. The molecule has 9 heteroatoms. The van der Waals surface area contributed by atoms with Crippen molar-refractivity contribution in [3.05, 3.63) is 52.3 Å². The number of carbonyl (C=O) groups is 2. The van der Waals surface area contributed by atoms with Gasteiger partial charge in [0.1, 0.15) is 0 Å². The molecular weight excluding hydrogens is 521 g/mol. The fourth-order valence-corrected chi connectivity index (χ4v) is 5.21. The van der Waals surface area contributed by atoms with Crippen molar-refractivity contribution in [2.75, 3.05) is 13.1 Å². The summed E-state index contributed by atoms with van der Waals surface area (Å²) in [5, 5.41) is 12.4. The minimum absolute atomic E-state index is 0.0896. The lowest BCUT2D eigenvalue weighted by molar-refractivity contribution is -0.121. The third kappa shape index (κ3) is 8.11. The van der Waals surface area contributed by atoms with Crippen LogP contribution in [-0.2, 0) is 29.0 Å².